The molecular formula is C16H15FN2O2. The molecule has 1 aliphatic rings. The Morgan fingerprint density at radius 3 is 2.71 bits per heavy atom. The number of fused-ring (bicyclic) bond motifs is 1. The van der Waals surface area contributed by atoms with E-state index in [1.54, 1.807) is 6.07 Å². The van der Waals surface area contributed by atoms with Crippen molar-refractivity contribution in [2.75, 3.05) is 17.2 Å². The lowest BCUT2D eigenvalue weighted by Crippen LogP contribution is -2.19. The van der Waals surface area contributed by atoms with Crippen LogP contribution in [0.4, 0.5) is 15.8 Å². The second-order valence-electron chi connectivity index (χ2n) is 4.76. The van der Waals surface area contributed by atoms with Crippen molar-refractivity contribution in [3.63, 3.8) is 0 Å². The van der Waals surface area contributed by atoms with Crippen LogP contribution in [0.15, 0.2) is 42.5 Å². The first-order valence-corrected chi connectivity index (χ1v) is 6.77. The maximum Gasteiger partial charge on any atom is 0.251 e. The van der Waals surface area contributed by atoms with E-state index in [4.69, 9.17) is 4.74 Å². The predicted molar refractivity (Wildman–Crippen MR) is 79.0 cm³/mol. The van der Waals surface area contributed by atoms with E-state index in [1.165, 1.54) is 12.1 Å². The van der Waals surface area contributed by atoms with Crippen molar-refractivity contribution in [2.45, 2.75) is 13.0 Å². The molecule has 5 heteroatoms. The third kappa shape index (κ3) is 2.67. The first-order chi connectivity index (χ1) is 10.2. The maximum absolute atomic E-state index is 13.4. The van der Waals surface area contributed by atoms with Crippen LogP contribution in [-0.4, -0.2) is 12.5 Å². The number of hydrogen-bond acceptors (Lipinski definition) is 3. The number of ether oxygens (including phenoxy) is 1. The van der Waals surface area contributed by atoms with Crippen LogP contribution >= 0.6 is 0 Å². The van der Waals surface area contributed by atoms with Gasteiger partial charge in [-0.3, -0.25) is 4.79 Å². The van der Waals surface area contributed by atoms with Gasteiger partial charge in [0.25, 0.3) is 5.91 Å². The van der Waals surface area contributed by atoms with Crippen LogP contribution in [0.25, 0.3) is 0 Å². The molecule has 0 bridgehead atoms. The van der Waals surface area contributed by atoms with E-state index in [2.05, 4.69) is 10.6 Å². The molecule has 0 aromatic heterocycles. The summed E-state index contributed by atoms with van der Waals surface area (Å²) in [6.07, 6.45) is 0. The molecule has 4 nitrogen and oxygen atoms in total. The highest BCUT2D eigenvalue weighted by molar-refractivity contribution is 6.04. The average molecular weight is 286 g/mol. The van der Waals surface area contributed by atoms with E-state index in [0.717, 1.165) is 11.4 Å². The van der Waals surface area contributed by atoms with Crippen molar-refractivity contribution < 1.29 is 13.9 Å². The molecular weight excluding hydrogens is 271 g/mol. The third-order valence-corrected chi connectivity index (χ3v) is 3.32. The number of carbonyl (C=O) groups is 1. The van der Waals surface area contributed by atoms with Crippen molar-refractivity contribution in [1.82, 2.24) is 0 Å². The summed E-state index contributed by atoms with van der Waals surface area (Å²) >= 11 is 0. The second-order valence-corrected chi connectivity index (χ2v) is 4.76. The number of anilines is 2. The third-order valence-electron chi connectivity index (χ3n) is 3.32. The maximum atomic E-state index is 13.4. The van der Waals surface area contributed by atoms with Gasteiger partial charge in [-0.15, -0.1) is 0 Å². The predicted octanol–water partition coefficient (Wildman–Crippen LogP) is 3.33. The Kier molecular flexibility index (Phi) is 3.48. The summed E-state index contributed by atoms with van der Waals surface area (Å²) in [6.45, 7) is 2.52. The fourth-order valence-corrected chi connectivity index (χ4v) is 2.36. The Morgan fingerprint density at radius 1 is 1.24 bits per heavy atom. The standard InChI is InChI=1S/C16H15FN2O2/c1-2-21-12-6-4-11(5-7-12)18-15-13-9-10(17)3-8-14(13)19-16(15)20/h3-9,15,18H,2H2,1H3,(H,19,20). The van der Waals surface area contributed by atoms with Crippen molar-refractivity contribution >= 4 is 17.3 Å². The Labute approximate surface area is 121 Å². The van der Waals surface area contributed by atoms with Gasteiger partial charge in [-0.1, -0.05) is 0 Å². The highest BCUT2D eigenvalue weighted by Crippen LogP contribution is 2.33. The number of nitrogens with one attached hydrogen (secondary N) is 2. The molecule has 1 amide bonds. The Hall–Kier alpha value is -2.56. The summed E-state index contributed by atoms with van der Waals surface area (Å²) in [5.41, 5.74) is 2.04. The van der Waals surface area contributed by atoms with Gasteiger partial charge >= 0.3 is 0 Å². The molecule has 2 aromatic rings. The van der Waals surface area contributed by atoms with Gasteiger partial charge in [-0.25, -0.2) is 4.39 Å². The minimum Gasteiger partial charge on any atom is -0.494 e. The van der Waals surface area contributed by atoms with Gasteiger partial charge in [-0.05, 0) is 49.4 Å². The molecule has 108 valence electrons. The number of halogens is 1. The monoisotopic (exact) mass is 286 g/mol. The Balaban J connectivity index is 1.82. The minimum atomic E-state index is -0.589. The lowest BCUT2D eigenvalue weighted by molar-refractivity contribution is -0.116. The first-order valence-electron chi connectivity index (χ1n) is 6.77. The van der Waals surface area contributed by atoms with Crippen LogP contribution in [0.1, 0.15) is 18.5 Å². The van der Waals surface area contributed by atoms with Gasteiger partial charge in [-0.2, -0.15) is 0 Å². The van der Waals surface area contributed by atoms with Gasteiger partial charge in [0.2, 0.25) is 0 Å². The van der Waals surface area contributed by atoms with Crippen molar-refractivity contribution in [3.8, 4) is 5.75 Å². The molecule has 2 aromatic carbocycles. The molecule has 0 saturated heterocycles. The highest BCUT2D eigenvalue weighted by Gasteiger charge is 2.30. The van der Waals surface area contributed by atoms with Crippen LogP contribution in [0, 0.1) is 5.82 Å². The molecule has 2 N–H and O–H groups in total. The van der Waals surface area contributed by atoms with Crippen LogP contribution in [0.2, 0.25) is 0 Å². The molecule has 0 spiro atoms. The largest absolute Gasteiger partial charge is 0.494 e. The minimum absolute atomic E-state index is 0.190. The smallest absolute Gasteiger partial charge is 0.251 e. The molecule has 1 aliphatic heterocycles. The lowest BCUT2D eigenvalue weighted by atomic mass is 10.1. The van der Waals surface area contributed by atoms with Crippen LogP contribution in [-0.2, 0) is 4.79 Å². The quantitative estimate of drug-likeness (QED) is 0.906. The number of benzene rings is 2. The topological polar surface area (TPSA) is 50.4 Å². The summed E-state index contributed by atoms with van der Waals surface area (Å²) < 4.78 is 18.7. The van der Waals surface area contributed by atoms with E-state index in [-0.39, 0.29) is 11.7 Å². The fourth-order valence-electron chi connectivity index (χ4n) is 2.36. The summed E-state index contributed by atoms with van der Waals surface area (Å²) in [5.74, 6) is 0.221. The van der Waals surface area contributed by atoms with Crippen LogP contribution < -0.4 is 15.4 Å². The van der Waals surface area contributed by atoms with Crippen molar-refractivity contribution in [2.24, 2.45) is 0 Å². The molecule has 0 aliphatic carbocycles. The average Bonchev–Trinajstić information content (AvgIpc) is 2.77. The molecule has 1 heterocycles. The van der Waals surface area contributed by atoms with E-state index >= 15 is 0 Å². The lowest BCUT2D eigenvalue weighted by Gasteiger charge is -2.13. The SMILES string of the molecule is CCOc1ccc(NC2C(=O)Nc3ccc(F)cc32)cc1. The molecule has 1 atom stereocenters. The number of carbonyl (C=O) groups excluding carboxylic acids is 1. The number of amides is 1. The van der Waals surface area contributed by atoms with Gasteiger partial charge in [0, 0.05) is 16.9 Å². The molecule has 21 heavy (non-hydrogen) atoms. The normalized spacial score (nSPS) is 16.3. The zero-order valence-corrected chi connectivity index (χ0v) is 11.5. The van der Waals surface area contributed by atoms with Gasteiger partial charge in [0.1, 0.15) is 17.6 Å². The van der Waals surface area contributed by atoms with E-state index < -0.39 is 6.04 Å². The Morgan fingerprint density at radius 2 is 2.00 bits per heavy atom. The van der Waals surface area contributed by atoms with E-state index in [9.17, 15) is 9.18 Å². The van der Waals surface area contributed by atoms with Gasteiger partial charge in [0.05, 0.1) is 6.61 Å². The molecule has 0 saturated carbocycles. The summed E-state index contributed by atoms with van der Waals surface area (Å²) in [6, 6.07) is 11.0. The van der Waals surface area contributed by atoms with Gasteiger partial charge in [0.15, 0.2) is 0 Å². The van der Waals surface area contributed by atoms with Gasteiger partial charge < -0.3 is 15.4 Å². The highest BCUT2D eigenvalue weighted by atomic mass is 19.1. The second kappa shape index (κ2) is 5.44. The van der Waals surface area contributed by atoms with Crippen LogP contribution in [0.3, 0.4) is 0 Å². The molecule has 0 radical (unpaired) electrons. The zero-order chi connectivity index (χ0) is 14.8. The van der Waals surface area contributed by atoms with E-state index in [1.807, 2.05) is 31.2 Å². The summed E-state index contributed by atoms with van der Waals surface area (Å²) in [4.78, 5) is 12.0. The number of hydrogen-bond donors (Lipinski definition) is 2. The van der Waals surface area contributed by atoms with E-state index in [0.29, 0.717) is 17.9 Å². The van der Waals surface area contributed by atoms with Crippen LogP contribution in [0.5, 0.6) is 5.75 Å². The Bertz CT molecular complexity index is 670. The fraction of sp³-hybridized carbons (Fsp3) is 0.188. The summed E-state index contributed by atoms with van der Waals surface area (Å²) in [7, 11) is 0. The number of rotatable bonds is 4. The molecule has 1 unspecified atom stereocenters. The first kappa shape index (κ1) is 13.4. The zero-order valence-electron chi connectivity index (χ0n) is 11.5. The van der Waals surface area contributed by atoms with Crippen molar-refractivity contribution in [1.29, 1.82) is 0 Å². The molecule has 3 rings (SSSR count). The molecule has 0 fully saturated rings. The summed E-state index contributed by atoms with van der Waals surface area (Å²) in [5, 5.41) is 5.84. The van der Waals surface area contributed by atoms with Crippen molar-refractivity contribution in [3.05, 3.63) is 53.8 Å².